The summed E-state index contributed by atoms with van der Waals surface area (Å²) in [4.78, 5) is 0. The average molecular weight is 320 g/mol. The van der Waals surface area contributed by atoms with Crippen LogP contribution in [0.15, 0.2) is 40.6 Å². The van der Waals surface area contributed by atoms with Gasteiger partial charge in [0.15, 0.2) is 0 Å². The molecule has 1 heterocycles. The first kappa shape index (κ1) is 14.5. The molecule has 0 spiro atoms. The predicted octanol–water partition coefficient (Wildman–Crippen LogP) is 3.06. The van der Waals surface area contributed by atoms with Crippen molar-refractivity contribution in [1.29, 1.82) is 0 Å². The van der Waals surface area contributed by atoms with Crippen LogP contribution in [0.5, 0.6) is 0 Å². The highest BCUT2D eigenvalue weighted by atomic mass is 35.5. The van der Waals surface area contributed by atoms with E-state index in [1.807, 2.05) is 0 Å². The smallest absolute Gasteiger partial charge is 0.210 e. The Hall–Kier alpha value is -0.950. The van der Waals surface area contributed by atoms with Crippen molar-refractivity contribution in [2.24, 2.45) is 0 Å². The maximum Gasteiger partial charge on any atom is 0.250 e. The van der Waals surface area contributed by atoms with Crippen molar-refractivity contribution in [3.05, 3.63) is 52.1 Å². The lowest BCUT2D eigenvalue weighted by Crippen LogP contribution is -2.25. The fraction of sp³-hybridized carbons (Fsp3) is 0.167. The van der Waals surface area contributed by atoms with Crippen LogP contribution in [0.4, 0.5) is 4.39 Å². The summed E-state index contributed by atoms with van der Waals surface area (Å²) >= 11 is 6.70. The van der Waals surface area contributed by atoms with Gasteiger partial charge in [-0.25, -0.2) is 17.5 Å². The van der Waals surface area contributed by atoms with Gasteiger partial charge in [0, 0.05) is 6.54 Å². The first-order chi connectivity index (χ1) is 8.97. The summed E-state index contributed by atoms with van der Waals surface area (Å²) < 4.78 is 39.7. The molecule has 0 fully saturated rings. The third-order valence-electron chi connectivity index (χ3n) is 2.41. The zero-order valence-corrected chi connectivity index (χ0v) is 12.2. The van der Waals surface area contributed by atoms with Gasteiger partial charge in [0.1, 0.15) is 10.0 Å². The number of hydrogen-bond donors (Lipinski definition) is 1. The van der Waals surface area contributed by atoms with E-state index in [4.69, 9.17) is 11.6 Å². The summed E-state index contributed by atoms with van der Waals surface area (Å²) in [5.41, 5.74) is 0.743. The van der Waals surface area contributed by atoms with Crippen LogP contribution < -0.4 is 4.72 Å². The van der Waals surface area contributed by atoms with Gasteiger partial charge >= 0.3 is 0 Å². The van der Waals surface area contributed by atoms with Crippen molar-refractivity contribution in [2.45, 2.75) is 10.6 Å². The van der Waals surface area contributed by atoms with Gasteiger partial charge in [-0.05, 0) is 36.2 Å². The number of thiophene rings is 1. The highest BCUT2D eigenvalue weighted by Crippen LogP contribution is 2.25. The molecule has 19 heavy (non-hydrogen) atoms. The second-order valence-corrected chi connectivity index (χ2v) is 7.55. The normalized spacial score (nSPS) is 11.7. The molecule has 0 atom stereocenters. The second-order valence-electron chi connectivity index (χ2n) is 3.84. The van der Waals surface area contributed by atoms with Crippen LogP contribution in [0.1, 0.15) is 5.56 Å². The third kappa shape index (κ3) is 4.01. The average Bonchev–Trinajstić information content (AvgIpc) is 2.76. The number of rotatable bonds is 5. The van der Waals surface area contributed by atoms with E-state index in [2.05, 4.69) is 4.72 Å². The van der Waals surface area contributed by atoms with Gasteiger partial charge in [-0.15, -0.1) is 11.3 Å². The van der Waals surface area contributed by atoms with Gasteiger partial charge in [-0.2, -0.15) is 0 Å². The Morgan fingerprint density at radius 1 is 1.26 bits per heavy atom. The van der Waals surface area contributed by atoms with Crippen LogP contribution in [0.25, 0.3) is 0 Å². The molecule has 0 aliphatic heterocycles. The van der Waals surface area contributed by atoms with E-state index in [0.717, 1.165) is 16.9 Å². The van der Waals surface area contributed by atoms with E-state index in [-0.39, 0.29) is 16.6 Å². The summed E-state index contributed by atoms with van der Waals surface area (Å²) in [6.45, 7) is 0.210. The monoisotopic (exact) mass is 319 g/mol. The zero-order chi connectivity index (χ0) is 13.9. The maximum absolute atomic E-state index is 12.9. The summed E-state index contributed by atoms with van der Waals surface area (Å²) in [6.07, 6.45) is 0.427. The Labute approximate surface area is 120 Å². The molecule has 0 bridgehead atoms. The van der Waals surface area contributed by atoms with Gasteiger partial charge in [0.25, 0.3) is 0 Å². The van der Waals surface area contributed by atoms with Crippen molar-refractivity contribution in [2.75, 3.05) is 6.54 Å². The van der Waals surface area contributed by atoms with Gasteiger partial charge in [-0.1, -0.05) is 23.7 Å². The van der Waals surface area contributed by atoms with E-state index < -0.39 is 10.0 Å². The Kier molecular flexibility index (Phi) is 4.57. The van der Waals surface area contributed by atoms with Gasteiger partial charge < -0.3 is 0 Å². The van der Waals surface area contributed by atoms with Gasteiger partial charge in [0.2, 0.25) is 10.0 Å². The van der Waals surface area contributed by atoms with Crippen molar-refractivity contribution >= 4 is 33.0 Å². The van der Waals surface area contributed by atoms with Crippen molar-refractivity contribution < 1.29 is 12.8 Å². The van der Waals surface area contributed by atoms with Gasteiger partial charge in [-0.3, -0.25) is 0 Å². The van der Waals surface area contributed by atoms with E-state index in [1.165, 1.54) is 24.3 Å². The fourth-order valence-corrected chi connectivity index (χ4v) is 4.09. The molecule has 102 valence electrons. The number of nitrogens with one attached hydrogen (secondary N) is 1. The molecule has 0 aliphatic carbocycles. The maximum atomic E-state index is 12.9. The van der Waals surface area contributed by atoms with Crippen molar-refractivity contribution in [1.82, 2.24) is 4.72 Å². The van der Waals surface area contributed by atoms with Crippen LogP contribution in [0.3, 0.4) is 0 Å². The van der Waals surface area contributed by atoms with Crippen LogP contribution in [0, 0.1) is 5.82 Å². The molecule has 1 aromatic heterocycles. The SMILES string of the molecule is O=S(=O)(NCCc1cccc(F)c1)c1ccc(Cl)s1. The summed E-state index contributed by atoms with van der Waals surface area (Å²) in [6, 6.07) is 9.07. The molecule has 7 heteroatoms. The topological polar surface area (TPSA) is 46.2 Å². The van der Waals surface area contributed by atoms with Crippen LogP contribution in [-0.4, -0.2) is 15.0 Å². The predicted molar refractivity (Wildman–Crippen MR) is 74.6 cm³/mol. The lowest BCUT2D eigenvalue weighted by molar-refractivity contribution is 0.583. The minimum absolute atomic E-state index is 0.178. The lowest BCUT2D eigenvalue weighted by Gasteiger charge is -2.05. The summed E-state index contributed by atoms with van der Waals surface area (Å²) in [7, 11) is -3.53. The third-order valence-corrected chi connectivity index (χ3v) is 5.59. The molecule has 0 saturated carbocycles. The number of halogens is 2. The molecule has 1 N–H and O–H groups in total. The Bertz CT molecular complexity index is 670. The quantitative estimate of drug-likeness (QED) is 0.920. The highest BCUT2D eigenvalue weighted by molar-refractivity contribution is 7.91. The van der Waals surface area contributed by atoms with E-state index in [0.29, 0.717) is 10.8 Å². The standard InChI is InChI=1S/C12H11ClFNO2S2/c13-11-4-5-12(18-11)19(16,17)15-7-6-9-2-1-3-10(14)8-9/h1-5,8,15H,6-7H2. The Morgan fingerprint density at radius 3 is 2.68 bits per heavy atom. The molecule has 0 saturated heterocycles. The molecule has 0 unspecified atom stereocenters. The lowest BCUT2D eigenvalue weighted by atomic mass is 10.1. The summed E-state index contributed by atoms with van der Waals surface area (Å²) in [5, 5.41) is 0. The molecule has 3 nitrogen and oxygen atoms in total. The van der Waals surface area contributed by atoms with E-state index >= 15 is 0 Å². The Balaban J connectivity index is 1.96. The largest absolute Gasteiger partial charge is 0.250 e. The molecule has 1 aromatic carbocycles. The van der Waals surface area contributed by atoms with E-state index in [1.54, 1.807) is 12.1 Å². The second kappa shape index (κ2) is 6.00. The molecule has 2 rings (SSSR count). The molecule has 0 amide bonds. The fourth-order valence-electron chi connectivity index (χ4n) is 1.54. The Morgan fingerprint density at radius 2 is 2.05 bits per heavy atom. The first-order valence-electron chi connectivity index (χ1n) is 5.47. The van der Waals surface area contributed by atoms with Gasteiger partial charge in [0.05, 0.1) is 4.34 Å². The van der Waals surface area contributed by atoms with Crippen LogP contribution >= 0.6 is 22.9 Å². The molecular weight excluding hydrogens is 309 g/mol. The van der Waals surface area contributed by atoms with E-state index in [9.17, 15) is 12.8 Å². The van der Waals surface area contributed by atoms with Crippen LogP contribution in [0.2, 0.25) is 4.34 Å². The number of benzene rings is 1. The zero-order valence-electron chi connectivity index (χ0n) is 9.77. The minimum Gasteiger partial charge on any atom is -0.210 e. The molecule has 0 radical (unpaired) electrons. The molecule has 2 aromatic rings. The summed E-state index contributed by atoms with van der Waals surface area (Å²) in [5.74, 6) is -0.328. The number of sulfonamides is 1. The highest BCUT2D eigenvalue weighted by Gasteiger charge is 2.15. The number of hydrogen-bond acceptors (Lipinski definition) is 3. The molecular formula is C12H11ClFNO2S2. The molecule has 0 aliphatic rings. The van der Waals surface area contributed by atoms with Crippen molar-refractivity contribution in [3.63, 3.8) is 0 Å². The van der Waals surface area contributed by atoms with Crippen molar-refractivity contribution in [3.8, 4) is 0 Å². The first-order valence-corrected chi connectivity index (χ1v) is 8.14. The minimum atomic E-state index is -3.53. The van der Waals surface area contributed by atoms with Crippen LogP contribution in [-0.2, 0) is 16.4 Å².